The van der Waals surface area contributed by atoms with E-state index < -0.39 is 19.1 Å². The molecule has 0 radical (unpaired) electrons. The van der Waals surface area contributed by atoms with E-state index in [-0.39, 0.29) is 43.7 Å². The summed E-state index contributed by atoms with van der Waals surface area (Å²) in [5.74, 6) is 0.587. The normalized spacial score (nSPS) is 18.8. The molecule has 4 aromatic rings. The number of piperidine rings is 2. The van der Waals surface area contributed by atoms with Crippen LogP contribution in [0.2, 0.25) is 5.02 Å². The van der Waals surface area contributed by atoms with Crippen molar-refractivity contribution in [2.45, 2.75) is 44.3 Å². The van der Waals surface area contributed by atoms with Crippen molar-refractivity contribution < 1.29 is 33.2 Å². The summed E-state index contributed by atoms with van der Waals surface area (Å²) in [7, 11) is -0.936. The van der Waals surface area contributed by atoms with Gasteiger partial charge in [0.05, 0.1) is 31.2 Å². The van der Waals surface area contributed by atoms with Crippen LogP contribution in [0.15, 0.2) is 66.9 Å². The lowest BCUT2D eigenvalue weighted by molar-refractivity contribution is -0.137. The van der Waals surface area contributed by atoms with E-state index in [1.165, 1.54) is 11.1 Å². The number of ether oxygens (including phenoxy) is 2. The molecule has 0 bridgehead atoms. The smallest absolute Gasteiger partial charge is 0.260 e. The number of carbonyl (C=O) groups excluding carboxylic acids is 4. The minimum absolute atomic E-state index is 0.114. The van der Waals surface area contributed by atoms with Crippen molar-refractivity contribution in [1.29, 1.82) is 0 Å². The van der Waals surface area contributed by atoms with E-state index in [4.69, 9.17) is 21.1 Å². The number of methoxy groups -OCH3 is 1. The Hall–Kier alpha value is -5.70. The molecule has 1 aromatic heterocycles. The number of nitrogens with one attached hydrogen (secondary N) is 3. The molecule has 61 heavy (non-hydrogen) atoms. The number of imide groups is 1. The van der Waals surface area contributed by atoms with Crippen LogP contribution < -0.4 is 35.6 Å². The van der Waals surface area contributed by atoms with Crippen molar-refractivity contribution in [1.82, 2.24) is 30.0 Å². The number of anilines is 5. The fourth-order valence-electron chi connectivity index (χ4n) is 8.54. The van der Waals surface area contributed by atoms with Gasteiger partial charge in [0.1, 0.15) is 29.7 Å². The minimum Gasteiger partial charge on any atom is -0.494 e. The number of nitrogens with zero attached hydrogens (tertiary/aromatic N) is 6. The van der Waals surface area contributed by atoms with Crippen LogP contribution in [-0.2, 0) is 25.5 Å². The van der Waals surface area contributed by atoms with Crippen LogP contribution in [0.4, 0.5) is 28.8 Å². The number of benzene rings is 3. The lowest BCUT2D eigenvalue weighted by atomic mass is 10.0. The van der Waals surface area contributed by atoms with E-state index in [0.29, 0.717) is 75.2 Å². The van der Waals surface area contributed by atoms with E-state index >= 15 is 0 Å². The summed E-state index contributed by atoms with van der Waals surface area (Å²) in [5, 5.41) is 9.84. The molecule has 8 rings (SSSR count). The van der Waals surface area contributed by atoms with E-state index in [1.54, 1.807) is 38.6 Å². The Labute approximate surface area is 359 Å². The Kier molecular flexibility index (Phi) is 12.2. The number of para-hydroxylation sites is 1. The van der Waals surface area contributed by atoms with Gasteiger partial charge in [-0.1, -0.05) is 29.8 Å². The van der Waals surface area contributed by atoms with Crippen LogP contribution in [0.25, 0.3) is 0 Å². The van der Waals surface area contributed by atoms with Crippen LogP contribution in [0.3, 0.4) is 0 Å². The summed E-state index contributed by atoms with van der Waals surface area (Å²) in [6.45, 7) is 7.97. The first-order valence-electron chi connectivity index (χ1n) is 20.4. The standard InChI is InChI=1S/C43H49ClN9O7P/c1-59-36-23-28(11-12-32(36)47-43-45-24-31(44)40(49-43)46-33-8-4-5-10-37(33)61(2,3)58)50-17-15-27(16-18-50)51-19-21-52(22-20-51)39(55)26-60-35-9-6-7-29-30(35)25-53(42(29)57)34-13-14-38(54)48-41(34)56/h4-12,23-24,27,34H,13-22,25-26H2,1-3H3,(H,48,54,56)(H2,45,46,47,49). The summed E-state index contributed by atoms with van der Waals surface area (Å²) in [6, 6.07) is 18.2. The predicted molar refractivity (Wildman–Crippen MR) is 234 cm³/mol. The van der Waals surface area contributed by atoms with Gasteiger partial charge in [0, 0.05) is 79.9 Å². The lowest BCUT2D eigenvalue weighted by Crippen LogP contribution is -2.55. The van der Waals surface area contributed by atoms with Crippen LogP contribution in [0, 0.1) is 0 Å². The maximum absolute atomic E-state index is 13.3. The van der Waals surface area contributed by atoms with Crippen molar-refractivity contribution in [2.75, 3.05) is 81.8 Å². The van der Waals surface area contributed by atoms with Crippen molar-refractivity contribution in [2.24, 2.45) is 0 Å². The molecule has 3 fully saturated rings. The molecule has 4 aliphatic heterocycles. The SMILES string of the molecule is COc1cc(N2CCC(N3CCN(C(=O)COc4cccc5c4CN(C4CCC(=O)NC4=O)C5=O)CC3)CC2)ccc1Nc1ncc(Cl)c(Nc2ccccc2P(C)(C)=O)n1. The summed E-state index contributed by atoms with van der Waals surface area (Å²) >= 11 is 6.47. The second kappa shape index (κ2) is 17.7. The highest BCUT2D eigenvalue weighted by molar-refractivity contribution is 7.70. The number of piperazine rings is 1. The van der Waals surface area contributed by atoms with E-state index in [9.17, 15) is 23.7 Å². The fraction of sp³-hybridized carbons (Fsp3) is 0.395. The number of halogens is 1. The maximum Gasteiger partial charge on any atom is 0.260 e. The Morgan fingerprint density at radius 2 is 1.69 bits per heavy atom. The molecule has 5 heterocycles. The zero-order chi connectivity index (χ0) is 42.8. The van der Waals surface area contributed by atoms with E-state index in [0.717, 1.165) is 44.7 Å². The van der Waals surface area contributed by atoms with Gasteiger partial charge in [0.2, 0.25) is 17.8 Å². The molecule has 0 aliphatic carbocycles. The highest BCUT2D eigenvalue weighted by atomic mass is 35.5. The topological polar surface area (TPSA) is 179 Å². The zero-order valence-electron chi connectivity index (χ0n) is 34.4. The number of rotatable bonds is 12. The van der Waals surface area contributed by atoms with Crippen LogP contribution in [0.1, 0.15) is 41.6 Å². The summed E-state index contributed by atoms with van der Waals surface area (Å²) in [5.41, 5.74) is 3.50. The molecule has 4 aliphatic rings. The van der Waals surface area contributed by atoms with Crippen molar-refractivity contribution in [3.05, 3.63) is 83.0 Å². The molecule has 1 atom stereocenters. The number of fused-ring (bicyclic) bond motifs is 1. The zero-order valence-corrected chi connectivity index (χ0v) is 36.0. The number of amides is 4. The number of hydrogen-bond donors (Lipinski definition) is 3. The molecule has 3 saturated heterocycles. The Balaban J connectivity index is 0.813. The van der Waals surface area contributed by atoms with E-state index in [2.05, 4.69) is 41.8 Å². The van der Waals surface area contributed by atoms with Gasteiger partial charge < -0.3 is 39.4 Å². The van der Waals surface area contributed by atoms with Gasteiger partial charge >= 0.3 is 0 Å². The Morgan fingerprint density at radius 3 is 2.43 bits per heavy atom. The molecule has 16 nitrogen and oxygen atoms in total. The van der Waals surface area contributed by atoms with Gasteiger partial charge in [-0.15, -0.1) is 0 Å². The van der Waals surface area contributed by atoms with Crippen LogP contribution in [-0.4, -0.2) is 127 Å². The first-order chi connectivity index (χ1) is 29.4. The first-order valence-corrected chi connectivity index (χ1v) is 23.4. The van der Waals surface area contributed by atoms with Crippen molar-refractivity contribution >= 4 is 76.5 Å². The van der Waals surface area contributed by atoms with Gasteiger partial charge in [0.25, 0.3) is 11.8 Å². The molecule has 18 heteroatoms. The number of carbonyl (C=O) groups is 4. The quantitative estimate of drug-likeness (QED) is 0.131. The Bertz CT molecular complexity index is 2400. The largest absolute Gasteiger partial charge is 0.494 e. The van der Waals surface area contributed by atoms with Gasteiger partial charge in [-0.25, -0.2) is 4.98 Å². The summed E-state index contributed by atoms with van der Waals surface area (Å²) < 4.78 is 24.7. The van der Waals surface area contributed by atoms with Crippen LogP contribution >= 0.6 is 18.7 Å². The first kappa shape index (κ1) is 42.0. The highest BCUT2D eigenvalue weighted by Gasteiger charge is 2.40. The third-order valence-electron chi connectivity index (χ3n) is 11.8. The summed E-state index contributed by atoms with van der Waals surface area (Å²) in [6.07, 6.45) is 3.93. The molecule has 0 saturated carbocycles. The summed E-state index contributed by atoms with van der Waals surface area (Å²) in [4.78, 5) is 67.8. The minimum atomic E-state index is -2.56. The molecule has 0 spiro atoms. The monoisotopic (exact) mass is 869 g/mol. The molecule has 3 N–H and O–H groups in total. The average molecular weight is 870 g/mol. The third-order valence-corrected chi connectivity index (χ3v) is 13.6. The molecule has 4 amide bonds. The van der Waals surface area contributed by atoms with Gasteiger partial charge in [-0.2, -0.15) is 4.98 Å². The molecular formula is C43H49ClN9O7P. The highest BCUT2D eigenvalue weighted by Crippen LogP contribution is 2.39. The fourth-order valence-corrected chi connectivity index (χ4v) is 9.83. The van der Waals surface area contributed by atoms with Crippen molar-refractivity contribution in [3.63, 3.8) is 0 Å². The number of aromatic nitrogens is 2. The van der Waals surface area contributed by atoms with Gasteiger partial charge in [-0.05, 0) is 69.0 Å². The van der Waals surface area contributed by atoms with Crippen molar-refractivity contribution in [3.8, 4) is 11.5 Å². The Morgan fingerprint density at radius 1 is 0.918 bits per heavy atom. The van der Waals surface area contributed by atoms with E-state index in [1.807, 2.05) is 41.3 Å². The second-order valence-electron chi connectivity index (χ2n) is 16.0. The predicted octanol–water partition coefficient (Wildman–Crippen LogP) is 4.83. The molecule has 320 valence electrons. The lowest BCUT2D eigenvalue weighted by Gasteiger charge is -2.43. The van der Waals surface area contributed by atoms with Gasteiger partial charge in [0.15, 0.2) is 12.4 Å². The van der Waals surface area contributed by atoms with Crippen LogP contribution in [0.5, 0.6) is 11.5 Å². The van der Waals surface area contributed by atoms with Gasteiger partial charge in [-0.3, -0.25) is 29.4 Å². The average Bonchev–Trinajstić information content (AvgIpc) is 3.60. The molecule has 1 unspecified atom stereocenters. The molecular weight excluding hydrogens is 821 g/mol. The molecule has 3 aromatic carbocycles. The maximum atomic E-state index is 13.3. The third kappa shape index (κ3) is 9.17. The second-order valence-corrected chi connectivity index (χ2v) is 19.6. The number of hydrogen-bond acceptors (Lipinski definition) is 13.